The maximum absolute atomic E-state index is 9.37. The summed E-state index contributed by atoms with van der Waals surface area (Å²) >= 11 is 0. The summed E-state index contributed by atoms with van der Waals surface area (Å²) in [4.78, 5) is 8.71. The van der Waals surface area contributed by atoms with Crippen molar-refractivity contribution >= 4 is 16.6 Å². The van der Waals surface area contributed by atoms with Gasteiger partial charge in [0.2, 0.25) is 0 Å². The van der Waals surface area contributed by atoms with Gasteiger partial charge in [0.15, 0.2) is 0 Å². The van der Waals surface area contributed by atoms with Crippen molar-refractivity contribution in [1.82, 2.24) is 9.88 Å². The van der Waals surface area contributed by atoms with E-state index in [0.717, 1.165) is 42.8 Å². The van der Waals surface area contributed by atoms with Gasteiger partial charge in [-0.05, 0) is 6.07 Å². The molecule has 1 fully saturated rings. The predicted octanol–water partition coefficient (Wildman–Crippen LogP) is 1.75. The fourth-order valence-electron chi connectivity index (χ4n) is 2.78. The van der Waals surface area contributed by atoms with E-state index in [4.69, 9.17) is 5.26 Å². The lowest BCUT2D eigenvalue weighted by molar-refractivity contribution is 0.287. The summed E-state index contributed by atoms with van der Waals surface area (Å²) in [7, 11) is 0. The number of aromatic nitrogens is 1. The van der Waals surface area contributed by atoms with E-state index in [-0.39, 0.29) is 0 Å². The molecule has 0 unspecified atom stereocenters. The molecule has 104 valence electrons. The lowest BCUT2D eigenvalue weighted by Gasteiger charge is -2.35. The van der Waals surface area contributed by atoms with Crippen LogP contribution in [0, 0.1) is 22.7 Å². The number of piperazine rings is 1. The Morgan fingerprint density at radius 3 is 2.57 bits per heavy atom. The van der Waals surface area contributed by atoms with Crippen molar-refractivity contribution in [2.24, 2.45) is 0 Å². The fourth-order valence-corrected chi connectivity index (χ4v) is 2.78. The summed E-state index contributed by atoms with van der Waals surface area (Å²) in [5, 5.41) is 19.2. The molecule has 0 aliphatic carbocycles. The first-order valence-electron chi connectivity index (χ1n) is 6.95. The van der Waals surface area contributed by atoms with Crippen LogP contribution in [-0.4, -0.2) is 42.6 Å². The highest BCUT2D eigenvalue weighted by Gasteiger charge is 2.21. The molecular formula is C16H15N5. The zero-order valence-electron chi connectivity index (χ0n) is 11.7. The van der Waals surface area contributed by atoms with Crippen molar-refractivity contribution in [3.05, 3.63) is 36.0 Å². The maximum Gasteiger partial charge on any atom is 0.103 e. The molecule has 5 nitrogen and oxygen atoms in total. The van der Waals surface area contributed by atoms with Crippen LogP contribution in [0.5, 0.6) is 0 Å². The van der Waals surface area contributed by atoms with Gasteiger partial charge in [-0.3, -0.25) is 9.88 Å². The van der Waals surface area contributed by atoms with Gasteiger partial charge in [0.05, 0.1) is 29.4 Å². The molecule has 0 N–H and O–H groups in total. The molecule has 0 atom stereocenters. The van der Waals surface area contributed by atoms with Crippen molar-refractivity contribution in [3.63, 3.8) is 0 Å². The first kappa shape index (κ1) is 13.4. The van der Waals surface area contributed by atoms with Crippen LogP contribution >= 0.6 is 0 Å². The molecule has 0 spiro atoms. The van der Waals surface area contributed by atoms with Crippen LogP contribution in [0.2, 0.25) is 0 Å². The Labute approximate surface area is 123 Å². The van der Waals surface area contributed by atoms with E-state index in [9.17, 15) is 5.26 Å². The van der Waals surface area contributed by atoms with Crippen molar-refractivity contribution in [1.29, 1.82) is 10.5 Å². The van der Waals surface area contributed by atoms with Crippen LogP contribution in [0.3, 0.4) is 0 Å². The minimum atomic E-state index is 0.468. The van der Waals surface area contributed by atoms with E-state index >= 15 is 0 Å². The number of nitriles is 2. The minimum Gasteiger partial charge on any atom is -0.367 e. The predicted molar refractivity (Wildman–Crippen MR) is 80.7 cm³/mol. The normalized spacial score (nSPS) is 15.6. The Balaban J connectivity index is 1.97. The van der Waals surface area contributed by atoms with E-state index in [1.165, 1.54) is 0 Å². The highest BCUT2D eigenvalue weighted by atomic mass is 15.3. The van der Waals surface area contributed by atoms with Crippen molar-refractivity contribution in [2.75, 3.05) is 37.6 Å². The summed E-state index contributed by atoms with van der Waals surface area (Å²) < 4.78 is 0. The quantitative estimate of drug-likeness (QED) is 0.782. The highest BCUT2D eigenvalue weighted by Crippen LogP contribution is 2.29. The first-order chi connectivity index (χ1) is 10.3. The molecule has 21 heavy (non-hydrogen) atoms. The third-order valence-corrected chi connectivity index (χ3v) is 3.85. The molecule has 1 aliphatic heterocycles. The summed E-state index contributed by atoms with van der Waals surface area (Å²) in [6, 6.07) is 12.3. The van der Waals surface area contributed by atoms with Crippen molar-refractivity contribution < 1.29 is 0 Å². The largest absolute Gasteiger partial charge is 0.367 e. The lowest BCUT2D eigenvalue weighted by Crippen LogP contribution is -2.46. The molecule has 0 radical (unpaired) electrons. The highest BCUT2D eigenvalue weighted by molar-refractivity contribution is 5.94. The van der Waals surface area contributed by atoms with Crippen LogP contribution in [0.15, 0.2) is 30.5 Å². The number of para-hydroxylation sites is 1. The Morgan fingerprint density at radius 2 is 1.86 bits per heavy atom. The van der Waals surface area contributed by atoms with E-state index in [1.807, 2.05) is 24.3 Å². The van der Waals surface area contributed by atoms with Crippen molar-refractivity contribution in [2.45, 2.75) is 0 Å². The average Bonchev–Trinajstić information content (AvgIpc) is 2.55. The van der Waals surface area contributed by atoms with Gasteiger partial charge in [0.1, 0.15) is 6.07 Å². The zero-order chi connectivity index (χ0) is 14.7. The molecule has 5 heteroatoms. The summed E-state index contributed by atoms with van der Waals surface area (Å²) in [6.45, 7) is 3.80. The number of anilines is 1. The van der Waals surface area contributed by atoms with Gasteiger partial charge in [0, 0.05) is 37.8 Å². The van der Waals surface area contributed by atoms with E-state index in [0.29, 0.717) is 12.1 Å². The van der Waals surface area contributed by atoms with Crippen LogP contribution in [0.1, 0.15) is 5.56 Å². The van der Waals surface area contributed by atoms with Crippen molar-refractivity contribution in [3.8, 4) is 12.1 Å². The van der Waals surface area contributed by atoms with E-state index in [1.54, 1.807) is 6.20 Å². The topological polar surface area (TPSA) is 67.0 Å². The number of pyridine rings is 1. The lowest BCUT2D eigenvalue weighted by atomic mass is 10.1. The standard InChI is InChI=1S/C16H15N5/c17-5-6-20-7-9-21(10-8-20)16-13(11-18)12-19-15-4-2-1-3-14(15)16/h1-4,12H,6-10H2. The van der Waals surface area contributed by atoms with Crippen LogP contribution in [0.4, 0.5) is 5.69 Å². The molecule has 0 bridgehead atoms. The molecular weight excluding hydrogens is 262 g/mol. The van der Waals surface area contributed by atoms with Gasteiger partial charge in [-0.25, -0.2) is 0 Å². The zero-order valence-corrected chi connectivity index (χ0v) is 11.7. The van der Waals surface area contributed by atoms with Gasteiger partial charge in [0.25, 0.3) is 0 Å². The van der Waals surface area contributed by atoms with Gasteiger partial charge < -0.3 is 4.90 Å². The van der Waals surface area contributed by atoms with Crippen LogP contribution in [0.25, 0.3) is 10.9 Å². The third-order valence-electron chi connectivity index (χ3n) is 3.85. The van der Waals surface area contributed by atoms with Gasteiger partial charge >= 0.3 is 0 Å². The third kappa shape index (κ3) is 2.52. The summed E-state index contributed by atoms with van der Waals surface area (Å²) in [5.41, 5.74) is 2.49. The Kier molecular flexibility index (Phi) is 3.68. The van der Waals surface area contributed by atoms with E-state index < -0.39 is 0 Å². The minimum absolute atomic E-state index is 0.468. The molecule has 2 heterocycles. The Hall–Kier alpha value is -2.63. The monoisotopic (exact) mass is 277 g/mol. The second kappa shape index (κ2) is 5.78. The molecule has 1 aliphatic rings. The second-order valence-electron chi connectivity index (χ2n) is 5.07. The number of hydrogen-bond acceptors (Lipinski definition) is 5. The molecule has 1 aromatic heterocycles. The van der Waals surface area contributed by atoms with Gasteiger partial charge in [-0.1, -0.05) is 18.2 Å². The average molecular weight is 277 g/mol. The fraction of sp³-hybridized carbons (Fsp3) is 0.312. The number of hydrogen-bond donors (Lipinski definition) is 0. The Bertz CT molecular complexity index is 732. The van der Waals surface area contributed by atoms with Gasteiger partial charge in [-0.15, -0.1) is 0 Å². The molecule has 1 saturated heterocycles. The number of nitrogens with zero attached hydrogens (tertiary/aromatic N) is 5. The van der Waals surface area contributed by atoms with Gasteiger partial charge in [-0.2, -0.15) is 10.5 Å². The second-order valence-corrected chi connectivity index (χ2v) is 5.07. The molecule has 0 amide bonds. The molecule has 3 rings (SSSR count). The molecule has 2 aromatic rings. The number of benzene rings is 1. The maximum atomic E-state index is 9.37. The molecule has 1 aromatic carbocycles. The summed E-state index contributed by atoms with van der Waals surface area (Å²) in [5.74, 6) is 0. The van der Waals surface area contributed by atoms with Crippen LogP contribution in [-0.2, 0) is 0 Å². The molecule has 0 saturated carbocycles. The summed E-state index contributed by atoms with van der Waals surface area (Å²) in [6.07, 6.45) is 1.65. The Morgan fingerprint density at radius 1 is 1.10 bits per heavy atom. The van der Waals surface area contributed by atoms with Crippen LogP contribution < -0.4 is 4.90 Å². The first-order valence-corrected chi connectivity index (χ1v) is 6.95. The smallest absolute Gasteiger partial charge is 0.103 e. The SMILES string of the molecule is N#CCN1CCN(c2c(C#N)cnc3ccccc23)CC1. The number of fused-ring (bicyclic) bond motifs is 1. The van der Waals surface area contributed by atoms with E-state index in [2.05, 4.69) is 26.9 Å². The number of rotatable bonds is 2.